The minimum Gasteiger partial charge on any atom is -0.244 e. The predicted octanol–water partition coefficient (Wildman–Crippen LogP) is 0.524. The van der Waals surface area contributed by atoms with E-state index < -0.39 is 15.5 Å². The average Bonchev–Trinajstić information content (AvgIpc) is 2.81. The van der Waals surface area contributed by atoms with E-state index in [-0.39, 0.29) is 10.3 Å². The lowest BCUT2D eigenvalue weighted by atomic mass is 10.0. The van der Waals surface area contributed by atoms with Crippen molar-refractivity contribution in [2.24, 2.45) is 0 Å². The van der Waals surface area contributed by atoms with Crippen molar-refractivity contribution in [3.8, 4) is 0 Å². The number of hydrogen-bond acceptors (Lipinski definition) is 5. The molecule has 2 aromatic heterocycles. The van der Waals surface area contributed by atoms with Gasteiger partial charge in [0.05, 0.1) is 5.25 Å². The molecule has 0 radical (unpaired) electrons. The summed E-state index contributed by atoms with van der Waals surface area (Å²) in [7, 11) is -3.46. The molecule has 1 aliphatic rings. The first-order valence-corrected chi connectivity index (χ1v) is 7.82. The third-order valence-corrected chi connectivity index (χ3v) is 5.68. The molecule has 19 heavy (non-hydrogen) atoms. The van der Waals surface area contributed by atoms with Gasteiger partial charge in [0.25, 0.3) is 0 Å². The standard InChI is InChI=1S/C11H14N4O3S/c16-11-13-12-9-6-7-10(14-15(9)11)19(17,18)8-4-2-1-3-5-8/h6-8H,1-5H2,(H,13,16). The summed E-state index contributed by atoms with van der Waals surface area (Å²) in [5, 5.41) is 9.43. The SMILES string of the molecule is O=c1[nH]nc2ccc(S(=O)(=O)C3CCCCC3)nn12. The van der Waals surface area contributed by atoms with Gasteiger partial charge in [-0.25, -0.2) is 18.3 Å². The fourth-order valence-corrected chi connectivity index (χ4v) is 4.23. The van der Waals surface area contributed by atoms with Crippen LogP contribution in [0.25, 0.3) is 5.65 Å². The van der Waals surface area contributed by atoms with Crippen molar-refractivity contribution in [3.05, 3.63) is 22.6 Å². The van der Waals surface area contributed by atoms with Gasteiger partial charge in [-0.3, -0.25) is 0 Å². The highest BCUT2D eigenvalue weighted by Gasteiger charge is 2.30. The van der Waals surface area contributed by atoms with E-state index in [1.54, 1.807) is 0 Å². The smallest absolute Gasteiger partial charge is 0.244 e. The summed E-state index contributed by atoms with van der Waals surface area (Å²) >= 11 is 0. The highest BCUT2D eigenvalue weighted by Crippen LogP contribution is 2.27. The van der Waals surface area contributed by atoms with Crippen LogP contribution >= 0.6 is 0 Å². The third-order valence-electron chi connectivity index (χ3n) is 3.53. The fraction of sp³-hybridized carbons (Fsp3) is 0.545. The van der Waals surface area contributed by atoms with Gasteiger partial charge in [-0.15, -0.1) is 5.10 Å². The molecule has 102 valence electrons. The van der Waals surface area contributed by atoms with Crippen LogP contribution in [0.3, 0.4) is 0 Å². The lowest BCUT2D eigenvalue weighted by Gasteiger charge is -2.20. The lowest BCUT2D eigenvalue weighted by molar-refractivity contribution is 0.481. The van der Waals surface area contributed by atoms with E-state index in [0.717, 1.165) is 23.8 Å². The Bertz CT molecular complexity index is 756. The molecule has 1 aliphatic carbocycles. The Morgan fingerprint density at radius 3 is 2.68 bits per heavy atom. The van der Waals surface area contributed by atoms with Gasteiger partial charge in [-0.1, -0.05) is 19.3 Å². The molecule has 2 heterocycles. The average molecular weight is 282 g/mol. The molecule has 0 bridgehead atoms. The first kappa shape index (κ1) is 12.3. The van der Waals surface area contributed by atoms with Gasteiger partial charge in [-0.2, -0.15) is 9.61 Å². The third kappa shape index (κ3) is 2.05. The molecule has 1 N–H and O–H groups in total. The first-order valence-electron chi connectivity index (χ1n) is 6.27. The second-order valence-corrected chi connectivity index (χ2v) is 6.95. The zero-order valence-electron chi connectivity index (χ0n) is 10.2. The van der Waals surface area contributed by atoms with Crippen molar-refractivity contribution >= 4 is 15.5 Å². The van der Waals surface area contributed by atoms with Crippen molar-refractivity contribution in [2.45, 2.75) is 42.4 Å². The van der Waals surface area contributed by atoms with Crippen LogP contribution in [0.2, 0.25) is 0 Å². The Balaban J connectivity index is 2.07. The lowest BCUT2D eigenvalue weighted by Crippen LogP contribution is -2.26. The predicted molar refractivity (Wildman–Crippen MR) is 67.7 cm³/mol. The van der Waals surface area contributed by atoms with Crippen LogP contribution in [0, 0.1) is 0 Å². The molecule has 0 atom stereocenters. The van der Waals surface area contributed by atoms with E-state index in [1.165, 1.54) is 12.1 Å². The van der Waals surface area contributed by atoms with Gasteiger partial charge >= 0.3 is 5.69 Å². The quantitative estimate of drug-likeness (QED) is 0.866. The summed E-state index contributed by atoms with van der Waals surface area (Å²) in [6.07, 6.45) is 4.28. The monoisotopic (exact) mass is 282 g/mol. The van der Waals surface area contributed by atoms with Crippen LogP contribution < -0.4 is 5.69 Å². The highest BCUT2D eigenvalue weighted by atomic mass is 32.2. The maximum Gasteiger partial charge on any atom is 0.364 e. The maximum absolute atomic E-state index is 12.5. The molecule has 0 spiro atoms. The minimum absolute atomic E-state index is 0.0459. The molecular weight excluding hydrogens is 268 g/mol. The van der Waals surface area contributed by atoms with Gasteiger partial charge in [-0.05, 0) is 25.0 Å². The Morgan fingerprint density at radius 2 is 1.95 bits per heavy atom. The van der Waals surface area contributed by atoms with E-state index in [2.05, 4.69) is 15.3 Å². The second-order valence-electron chi connectivity index (χ2n) is 4.78. The van der Waals surface area contributed by atoms with E-state index in [9.17, 15) is 13.2 Å². The Morgan fingerprint density at radius 1 is 1.21 bits per heavy atom. The second kappa shape index (κ2) is 4.44. The topological polar surface area (TPSA) is 97.2 Å². The number of sulfone groups is 1. The molecule has 3 rings (SSSR count). The zero-order valence-corrected chi connectivity index (χ0v) is 11.1. The van der Waals surface area contributed by atoms with E-state index in [0.29, 0.717) is 18.5 Å². The molecule has 8 heteroatoms. The van der Waals surface area contributed by atoms with Crippen molar-refractivity contribution in [1.29, 1.82) is 0 Å². The number of fused-ring (bicyclic) bond motifs is 1. The first-order chi connectivity index (χ1) is 9.09. The van der Waals surface area contributed by atoms with Crippen LogP contribution in [0.1, 0.15) is 32.1 Å². The van der Waals surface area contributed by atoms with E-state index >= 15 is 0 Å². The fourth-order valence-electron chi connectivity index (χ4n) is 2.48. The minimum atomic E-state index is -3.46. The van der Waals surface area contributed by atoms with Gasteiger partial charge in [0, 0.05) is 0 Å². The number of rotatable bonds is 2. The normalized spacial score (nSPS) is 17.9. The Kier molecular flexibility index (Phi) is 2.89. The molecule has 0 saturated heterocycles. The van der Waals surface area contributed by atoms with E-state index in [1.807, 2.05) is 0 Å². The van der Waals surface area contributed by atoms with Crippen LogP contribution in [0.5, 0.6) is 0 Å². The molecule has 1 saturated carbocycles. The summed E-state index contributed by atoms with van der Waals surface area (Å²) in [6.45, 7) is 0. The van der Waals surface area contributed by atoms with Gasteiger partial charge in [0.1, 0.15) is 0 Å². The largest absolute Gasteiger partial charge is 0.364 e. The van der Waals surface area contributed by atoms with Crippen LogP contribution in [0.15, 0.2) is 22.0 Å². The molecule has 0 aliphatic heterocycles. The van der Waals surface area contributed by atoms with Crippen molar-refractivity contribution in [2.75, 3.05) is 0 Å². The van der Waals surface area contributed by atoms with Crippen molar-refractivity contribution in [3.63, 3.8) is 0 Å². The summed E-state index contributed by atoms with van der Waals surface area (Å²) in [5.41, 5.74) is -0.219. The number of H-pyrrole nitrogens is 1. The number of aromatic nitrogens is 4. The summed E-state index contributed by atoms with van der Waals surface area (Å²) in [6, 6.07) is 2.90. The molecule has 0 aromatic carbocycles. The molecule has 1 fully saturated rings. The molecule has 2 aromatic rings. The number of nitrogens with zero attached hydrogens (tertiary/aromatic N) is 3. The van der Waals surface area contributed by atoms with Crippen LogP contribution in [-0.4, -0.2) is 33.5 Å². The number of nitrogens with one attached hydrogen (secondary N) is 1. The van der Waals surface area contributed by atoms with E-state index in [4.69, 9.17) is 0 Å². The molecule has 0 unspecified atom stereocenters. The molecular formula is C11H14N4O3S. The Labute approximate surface area is 109 Å². The highest BCUT2D eigenvalue weighted by molar-refractivity contribution is 7.92. The number of hydrogen-bond donors (Lipinski definition) is 1. The van der Waals surface area contributed by atoms with Gasteiger partial charge < -0.3 is 0 Å². The van der Waals surface area contributed by atoms with Crippen molar-refractivity contribution < 1.29 is 8.42 Å². The van der Waals surface area contributed by atoms with Crippen LogP contribution in [0.4, 0.5) is 0 Å². The zero-order chi connectivity index (χ0) is 13.5. The summed E-state index contributed by atoms with van der Waals surface area (Å²) in [4.78, 5) is 11.4. The van der Waals surface area contributed by atoms with Gasteiger partial charge in [0.2, 0.25) is 0 Å². The van der Waals surface area contributed by atoms with Crippen molar-refractivity contribution in [1.82, 2.24) is 19.8 Å². The molecule has 7 nitrogen and oxygen atoms in total. The summed E-state index contributed by atoms with van der Waals surface area (Å²) < 4.78 is 25.9. The van der Waals surface area contributed by atoms with Gasteiger partial charge in [0.15, 0.2) is 20.5 Å². The van der Waals surface area contributed by atoms with Crippen LogP contribution in [-0.2, 0) is 9.84 Å². The molecule has 0 amide bonds. The Hall–Kier alpha value is -1.70. The summed E-state index contributed by atoms with van der Waals surface area (Å²) in [5.74, 6) is 0. The maximum atomic E-state index is 12.5. The number of aromatic amines is 1.